The minimum Gasteiger partial charge on any atom is -0.481 e. The summed E-state index contributed by atoms with van der Waals surface area (Å²) in [4.78, 5) is 82.8. The van der Waals surface area contributed by atoms with Crippen LogP contribution in [0.4, 0.5) is 0 Å². The number of nitrogens with zero attached hydrogens (tertiary/aromatic N) is 2. The summed E-state index contributed by atoms with van der Waals surface area (Å²) in [6.07, 6.45) is 1.69. The molecule has 0 aliphatic rings. The molecule has 18 nitrogen and oxygen atoms in total. The molecule has 18 heteroatoms. The highest BCUT2D eigenvalue weighted by Gasteiger charge is 2.31. The number of carbonyl (C=O) groups is 6. The highest BCUT2D eigenvalue weighted by Crippen LogP contribution is 2.06. The first-order chi connectivity index (χ1) is 18.8. The van der Waals surface area contributed by atoms with E-state index in [1.54, 1.807) is 0 Å². The van der Waals surface area contributed by atoms with Crippen molar-refractivity contribution >= 4 is 41.5 Å². The summed E-state index contributed by atoms with van der Waals surface area (Å²) in [5.41, 5.74) is 21.9. The normalized spacial score (nSPS) is 13.6. The number of nitrogens with two attached hydrogens (primary N) is 4. The maximum Gasteiger partial charge on any atom is 0.326 e. The molecule has 222 valence electrons. The minimum absolute atomic E-state index is 0.0195. The maximum absolute atomic E-state index is 13.2. The van der Waals surface area contributed by atoms with Gasteiger partial charge >= 0.3 is 11.9 Å². The molecule has 1 heterocycles. The van der Waals surface area contributed by atoms with Gasteiger partial charge in [0.2, 0.25) is 23.6 Å². The summed E-state index contributed by atoms with van der Waals surface area (Å²) >= 11 is 0. The summed E-state index contributed by atoms with van der Waals surface area (Å²) in [6.45, 7) is 0.123. The summed E-state index contributed by atoms with van der Waals surface area (Å²) in [5, 5.41) is 25.5. The number of imidazole rings is 1. The number of nitrogens with one attached hydrogen (secondary N) is 4. The van der Waals surface area contributed by atoms with Gasteiger partial charge in [-0.1, -0.05) is 0 Å². The summed E-state index contributed by atoms with van der Waals surface area (Å²) < 4.78 is 0. The lowest BCUT2D eigenvalue weighted by Crippen LogP contribution is -2.57. The van der Waals surface area contributed by atoms with E-state index < -0.39 is 72.6 Å². The van der Waals surface area contributed by atoms with Gasteiger partial charge in [0.05, 0.1) is 12.4 Å². The second-order valence-electron chi connectivity index (χ2n) is 8.80. The zero-order valence-corrected chi connectivity index (χ0v) is 21.7. The van der Waals surface area contributed by atoms with Crippen molar-refractivity contribution in [1.29, 1.82) is 0 Å². The van der Waals surface area contributed by atoms with Crippen molar-refractivity contribution in [2.24, 2.45) is 27.9 Å². The third-order valence-electron chi connectivity index (χ3n) is 5.49. The first kappa shape index (κ1) is 33.3. The molecule has 0 aliphatic carbocycles. The van der Waals surface area contributed by atoms with Crippen LogP contribution in [0.2, 0.25) is 0 Å². The van der Waals surface area contributed by atoms with Gasteiger partial charge in [0.25, 0.3) is 0 Å². The van der Waals surface area contributed by atoms with Crippen molar-refractivity contribution in [3.05, 3.63) is 18.2 Å². The van der Waals surface area contributed by atoms with Crippen LogP contribution in [-0.4, -0.2) is 92.4 Å². The molecular formula is C22H36N10O8. The Morgan fingerprint density at radius 3 is 2.05 bits per heavy atom. The van der Waals surface area contributed by atoms with Crippen LogP contribution >= 0.6 is 0 Å². The molecule has 40 heavy (non-hydrogen) atoms. The van der Waals surface area contributed by atoms with Gasteiger partial charge in [-0.3, -0.25) is 29.0 Å². The number of primary amides is 1. The SMILES string of the molecule is NC(=O)CCC(N)C(=O)NC(CCCN=C(N)N)C(=O)NC(Cc1cnc[nH]1)C(=O)NC(CCC(=O)O)C(=O)O. The number of carbonyl (C=O) groups excluding carboxylic acids is 4. The van der Waals surface area contributed by atoms with Crippen LogP contribution in [0.3, 0.4) is 0 Å². The number of hydrogen-bond donors (Lipinski definition) is 10. The zero-order valence-electron chi connectivity index (χ0n) is 21.7. The highest BCUT2D eigenvalue weighted by molar-refractivity contribution is 5.94. The van der Waals surface area contributed by atoms with Crippen LogP contribution in [0.15, 0.2) is 17.5 Å². The van der Waals surface area contributed by atoms with Crippen LogP contribution in [0.5, 0.6) is 0 Å². The Morgan fingerprint density at radius 1 is 0.875 bits per heavy atom. The number of carboxylic acids is 2. The van der Waals surface area contributed by atoms with E-state index in [0.717, 1.165) is 0 Å². The Balaban J connectivity index is 3.10. The maximum atomic E-state index is 13.2. The Labute approximate surface area is 228 Å². The third-order valence-corrected chi connectivity index (χ3v) is 5.49. The zero-order chi connectivity index (χ0) is 30.2. The number of aromatic amines is 1. The fourth-order valence-electron chi connectivity index (χ4n) is 3.38. The van der Waals surface area contributed by atoms with E-state index in [1.165, 1.54) is 12.5 Å². The minimum atomic E-state index is -1.54. The first-order valence-corrected chi connectivity index (χ1v) is 12.2. The van der Waals surface area contributed by atoms with Crippen LogP contribution in [0, 0.1) is 0 Å². The van der Waals surface area contributed by atoms with Gasteiger partial charge in [-0.05, 0) is 25.7 Å². The van der Waals surface area contributed by atoms with E-state index in [0.29, 0.717) is 5.69 Å². The van der Waals surface area contributed by atoms with E-state index >= 15 is 0 Å². The lowest BCUT2D eigenvalue weighted by atomic mass is 10.1. The van der Waals surface area contributed by atoms with Crippen molar-refractivity contribution in [3.8, 4) is 0 Å². The summed E-state index contributed by atoms with van der Waals surface area (Å²) in [7, 11) is 0. The molecule has 0 bridgehead atoms. The topological polar surface area (TPSA) is 324 Å². The fraction of sp³-hybridized carbons (Fsp3) is 0.545. The lowest BCUT2D eigenvalue weighted by Gasteiger charge is -2.25. The van der Waals surface area contributed by atoms with Gasteiger partial charge in [0.1, 0.15) is 18.1 Å². The molecule has 0 radical (unpaired) electrons. The molecule has 0 saturated carbocycles. The van der Waals surface area contributed by atoms with E-state index in [-0.39, 0.29) is 44.6 Å². The lowest BCUT2D eigenvalue weighted by molar-refractivity contribution is -0.143. The number of aliphatic imine (C=N–C) groups is 1. The van der Waals surface area contributed by atoms with E-state index in [4.69, 9.17) is 28.0 Å². The van der Waals surface area contributed by atoms with Crippen molar-refractivity contribution in [2.45, 2.75) is 69.1 Å². The Hall–Kier alpha value is -4.74. The average molecular weight is 569 g/mol. The number of guanidine groups is 1. The molecule has 0 spiro atoms. The third kappa shape index (κ3) is 13.2. The highest BCUT2D eigenvalue weighted by atomic mass is 16.4. The molecule has 4 unspecified atom stereocenters. The Bertz CT molecular complexity index is 1060. The second-order valence-corrected chi connectivity index (χ2v) is 8.80. The van der Waals surface area contributed by atoms with Crippen LogP contribution in [0.1, 0.15) is 44.2 Å². The largest absolute Gasteiger partial charge is 0.481 e. The first-order valence-electron chi connectivity index (χ1n) is 12.2. The van der Waals surface area contributed by atoms with Crippen molar-refractivity contribution in [3.63, 3.8) is 0 Å². The number of carboxylic acid groups (broad SMARTS) is 2. The molecular weight excluding hydrogens is 532 g/mol. The predicted molar refractivity (Wildman–Crippen MR) is 139 cm³/mol. The van der Waals surface area contributed by atoms with E-state index in [9.17, 15) is 33.9 Å². The van der Waals surface area contributed by atoms with E-state index in [2.05, 4.69) is 30.9 Å². The number of aromatic nitrogens is 2. The fourth-order valence-corrected chi connectivity index (χ4v) is 3.38. The van der Waals surface area contributed by atoms with Crippen molar-refractivity contribution in [2.75, 3.05) is 6.54 Å². The molecule has 1 rings (SSSR count). The van der Waals surface area contributed by atoms with Crippen molar-refractivity contribution < 1.29 is 39.0 Å². The van der Waals surface area contributed by atoms with Gasteiger partial charge in [-0.2, -0.15) is 0 Å². The molecule has 14 N–H and O–H groups in total. The van der Waals surface area contributed by atoms with Gasteiger partial charge < -0.3 is 54.1 Å². The Kier molecular flexibility index (Phi) is 14.1. The molecule has 4 atom stereocenters. The average Bonchev–Trinajstić information content (AvgIpc) is 3.38. The van der Waals surface area contributed by atoms with Crippen molar-refractivity contribution in [1.82, 2.24) is 25.9 Å². The second kappa shape index (κ2) is 17.0. The van der Waals surface area contributed by atoms with Gasteiger partial charge in [-0.25, -0.2) is 9.78 Å². The number of H-pyrrole nitrogens is 1. The Morgan fingerprint density at radius 2 is 1.50 bits per heavy atom. The van der Waals surface area contributed by atoms with E-state index in [1.807, 2.05) is 0 Å². The van der Waals surface area contributed by atoms with Gasteiger partial charge in [0, 0.05) is 37.7 Å². The smallest absolute Gasteiger partial charge is 0.326 e. The van der Waals surface area contributed by atoms with Gasteiger partial charge in [-0.15, -0.1) is 0 Å². The summed E-state index contributed by atoms with van der Waals surface area (Å²) in [6, 6.07) is -5.26. The molecule has 1 aromatic rings. The van der Waals surface area contributed by atoms with Crippen LogP contribution in [0.25, 0.3) is 0 Å². The number of aliphatic carboxylic acids is 2. The van der Waals surface area contributed by atoms with Crippen LogP contribution in [-0.2, 0) is 35.2 Å². The molecule has 1 aromatic heterocycles. The number of amides is 4. The standard InChI is InChI=1S/C22H36N10O8/c23-12(3-5-16(24)33)18(36)30-13(2-1-7-28-22(25)26)19(37)32-15(8-11-9-27-10-29-11)20(38)31-14(21(39)40)4-6-17(34)35/h9-10,12-15H,1-8,23H2,(H2,24,33)(H,27,29)(H,30,36)(H,31,38)(H,32,37)(H,34,35)(H,39,40)(H4,25,26,28). The molecule has 0 saturated heterocycles. The number of rotatable bonds is 19. The molecule has 0 fully saturated rings. The predicted octanol–water partition coefficient (Wildman–Crippen LogP) is -4.00. The van der Waals surface area contributed by atoms with Gasteiger partial charge in [0.15, 0.2) is 5.96 Å². The molecule has 0 aliphatic heterocycles. The molecule has 0 aromatic carbocycles. The number of hydrogen-bond acceptors (Lipinski definition) is 9. The monoisotopic (exact) mass is 568 g/mol. The van der Waals surface area contributed by atoms with Crippen LogP contribution < -0.4 is 38.9 Å². The summed E-state index contributed by atoms with van der Waals surface area (Å²) in [5.74, 6) is -6.03. The quantitative estimate of drug-likeness (QED) is 0.0433. The molecule has 4 amide bonds.